The van der Waals surface area contributed by atoms with Gasteiger partial charge in [-0.05, 0) is 49.8 Å². The van der Waals surface area contributed by atoms with Crippen molar-refractivity contribution >= 4 is 10.0 Å². The third-order valence-corrected chi connectivity index (χ3v) is 7.94. The molecule has 10 heteroatoms. The van der Waals surface area contributed by atoms with E-state index in [4.69, 9.17) is 9.26 Å². The molecule has 0 N–H and O–H groups in total. The molecule has 2 fully saturated rings. The predicted molar refractivity (Wildman–Crippen MR) is 103 cm³/mol. The average molecular weight is 442 g/mol. The van der Waals surface area contributed by atoms with Crippen molar-refractivity contribution in [3.8, 4) is 0 Å². The summed E-state index contributed by atoms with van der Waals surface area (Å²) in [6, 6.07) is 2.67. The van der Waals surface area contributed by atoms with E-state index in [1.807, 2.05) is 6.92 Å². The summed E-state index contributed by atoms with van der Waals surface area (Å²) >= 11 is 0. The van der Waals surface area contributed by atoms with Gasteiger partial charge in [-0.1, -0.05) is 12.1 Å². The molecule has 0 radical (unpaired) electrons. The van der Waals surface area contributed by atoms with E-state index in [0.29, 0.717) is 43.5 Å². The van der Waals surface area contributed by atoms with Crippen molar-refractivity contribution < 1.29 is 26.5 Å². The van der Waals surface area contributed by atoms with E-state index < -0.39 is 21.7 Å². The lowest BCUT2D eigenvalue weighted by Crippen LogP contribution is -2.50. The minimum Gasteiger partial charge on any atom is -0.375 e. The molecule has 2 saturated heterocycles. The van der Waals surface area contributed by atoms with Crippen molar-refractivity contribution in [2.24, 2.45) is 5.92 Å². The molecular weight excluding hydrogens is 416 g/mol. The van der Waals surface area contributed by atoms with E-state index in [2.05, 4.69) is 10.1 Å². The fraction of sp³-hybridized carbons (Fsp3) is 0.600. The van der Waals surface area contributed by atoms with E-state index in [0.717, 1.165) is 37.5 Å². The van der Waals surface area contributed by atoms with Crippen molar-refractivity contribution in [1.82, 2.24) is 14.4 Å². The van der Waals surface area contributed by atoms with Gasteiger partial charge in [0.05, 0.1) is 10.5 Å². The second kappa shape index (κ2) is 8.32. The molecule has 1 unspecified atom stereocenters. The first kappa shape index (κ1) is 21.3. The van der Waals surface area contributed by atoms with Crippen molar-refractivity contribution in [3.05, 3.63) is 41.5 Å². The van der Waals surface area contributed by atoms with Gasteiger partial charge in [0.2, 0.25) is 15.9 Å². The summed E-state index contributed by atoms with van der Waals surface area (Å²) in [6.45, 7) is 3.12. The van der Waals surface area contributed by atoms with Crippen molar-refractivity contribution in [2.45, 2.75) is 55.9 Å². The standard InChI is InChI=1S/C20H25F2N3O4S/c1-2-18-23-19(29-24-18)11-14-5-10-28-20(13-14)6-8-25(9-7-20)30(26,27)15-3-4-16(21)17(22)12-15/h3-4,12,14H,2,5-11,13H2,1H3. The molecule has 3 heterocycles. The molecule has 0 amide bonds. The minimum absolute atomic E-state index is 0.233. The number of nitrogens with zero attached hydrogens (tertiary/aromatic N) is 3. The number of benzene rings is 1. The molecule has 1 spiro atoms. The molecule has 1 atom stereocenters. The van der Waals surface area contributed by atoms with Gasteiger partial charge < -0.3 is 9.26 Å². The summed E-state index contributed by atoms with van der Waals surface area (Å²) in [5.41, 5.74) is -0.378. The highest BCUT2D eigenvalue weighted by atomic mass is 32.2. The van der Waals surface area contributed by atoms with Crippen LogP contribution in [0.3, 0.4) is 0 Å². The van der Waals surface area contributed by atoms with Crippen LogP contribution in [0.5, 0.6) is 0 Å². The molecule has 2 aliphatic heterocycles. The maximum Gasteiger partial charge on any atom is 0.243 e. The maximum atomic E-state index is 13.5. The zero-order valence-corrected chi connectivity index (χ0v) is 17.6. The smallest absolute Gasteiger partial charge is 0.243 e. The van der Waals surface area contributed by atoms with Gasteiger partial charge in [0.15, 0.2) is 17.5 Å². The van der Waals surface area contributed by atoms with Crippen LogP contribution in [0.2, 0.25) is 0 Å². The van der Waals surface area contributed by atoms with Crippen LogP contribution < -0.4 is 0 Å². The lowest BCUT2D eigenvalue weighted by atomic mass is 9.79. The highest BCUT2D eigenvalue weighted by molar-refractivity contribution is 7.89. The molecule has 2 aromatic rings. The normalized spacial score (nSPS) is 22.4. The van der Waals surface area contributed by atoms with Crippen LogP contribution in [-0.4, -0.2) is 48.2 Å². The number of piperidine rings is 1. The number of aromatic nitrogens is 2. The SMILES string of the molecule is CCc1noc(CC2CCOC3(CCN(S(=O)(=O)c4ccc(F)c(F)c4)CC3)C2)n1. The lowest BCUT2D eigenvalue weighted by Gasteiger charge is -2.45. The molecule has 4 rings (SSSR count). The fourth-order valence-corrected chi connectivity index (χ4v) is 5.79. The molecule has 30 heavy (non-hydrogen) atoms. The van der Waals surface area contributed by atoms with Crippen molar-refractivity contribution in [2.75, 3.05) is 19.7 Å². The van der Waals surface area contributed by atoms with Gasteiger partial charge in [-0.15, -0.1) is 0 Å². The first-order valence-electron chi connectivity index (χ1n) is 10.2. The number of aryl methyl sites for hydroxylation is 1. The molecule has 1 aromatic heterocycles. The largest absolute Gasteiger partial charge is 0.375 e. The summed E-state index contributed by atoms with van der Waals surface area (Å²) in [7, 11) is -3.88. The molecule has 164 valence electrons. The Labute approximate surface area is 174 Å². The monoisotopic (exact) mass is 441 g/mol. The van der Waals surface area contributed by atoms with Crippen LogP contribution in [0.15, 0.2) is 27.6 Å². The number of halogens is 2. The summed E-state index contributed by atoms with van der Waals surface area (Å²) in [6.07, 6.45) is 4.21. The number of sulfonamides is 1. The zero-order chi connectivity index (χ0) is 21.4. The zero-order valence-electron chi connectivity index (χ0n) is 16.8. The van der Waals surface area contributed by atoms with Gasteiger partial charge in [-0.2, -0.15) is 9.29 Å². The molecule has 0 bridgehead atoms. The van der Waals surface area contributed by atoms with E-state index in [1.165, 1.54) is 4.31 Å². The van der Waals surface area contributed by atoms with Gasteiger partial charge >= 0.3 is 0 Å². The summed E-state index contributed by atoms with van der Waals surface area (Å²) in [5, 5.41) is 3.94. The topological polar surface area (TPSA) is 85.5 Å². The highest BCUT2D eigenvalue weighted by Crippen LogP contribution is 2.39. The predicted octanol–water partition coefficient (Wildman–Crippen LogP) is 3.10. The first-order valence-corrected chi connectivity index (χ1v) is 11.7. The van der Waals surface area contributed by atoms with Gasteiger partial charge in [-0.25, -0.2) is 17.2 Å². The number of ether oxygens (including phenoxy) is 1. The molecule has 0 saturated carbocycles. The number of hydrogen-bond donors (Lipinski definition) is 0. The van der Waals surface area contributed by atoms with Crippen LogP contribution in [0.4, 0.5) is 8.78 Å². The highest BCUT2D eigenvalue weighted by Gasteiger charge is 2.43. The lowest BCUT2D eigenvalue weighted by molar-refractivity contribution is -0.121. The number of rotatable bonds is 5. The Morgan fingerprint density at radius 3 is 2.67 bits per heavy atom. The Hall–Kier alpha value is -1.91. The van der Waals surface area contributed by atoms with Gasteiger partial charge in [0.1, 0.15) is 0 Å². The van der Waals surface area contributed by atoms with Crippen LogP contribution in [-0.2, 0) is 27.6 Å². The summed E-state index contributed by atoms with van der Waals surface area (Å²) in [5.74, 6) is -0.580. The Kier molecular flexibility index (Phi) is 5.91. The molecule has 7 nitrogen and oxygen atoms in total. The summed E-state index contributed by atoms with van der Waals surface area (Å²) in [4.78, 5) is 4.15. The first-order chi connectivity index (χ1) is 14.3. The number of hydrogen-bond acceptors (Lipinski definition) is 6. The minimum atomic E-state index is -3.88. The van der Waals surface area contributed by atoms with Gasteiger partial charge in [0.25, 0.3) is 0 Å². The van der Waals surface area contributed by atoms with E-state index in [1.54, 1.807) is 0 Å². The fourth-order valence-electron chi connectivity index (χ4n) is 4.34. The quantitative estimate of drug-likeness (QED) is 0.709. The Morgan fingerprint density at radius 2 is 2.00 bits per heavy atom. The Balaban J connectivity index is 1.40. The maximum absolute atomic E-state index is 13.5. The molecule has 1 aromatic carbocycles. The third-order valence-electron chi connectivity index (χ3n) is 6.05. The molecule has 0 aliphatic carbocycles. The van der Waals surface area contributed by atoms with Crippen LogP contribution in [0.25, 0.3) is 0 Å². The van der Waals surface area contributed by atoms with Gasteiger partial charge in [0, 0.05) is 32.5 Å². The average Bonchev–Trinajstić information content (AvgIpc) is 3.18. The van der Waals surface area contributed by atoms with Crippen molar-refractivity contribution in [1.29, 1.82) is 0 Å². The van der Waals surface area contributed by atoms with Crippen LogP contribution in [0, 0.1) is 17.6 Å². The van der Waals surface area contributed by atoms with Crippen molar-refractivity contribution in [3.63, 3.8) is 0 Å². The van der Waals surface area contributed by atoms with E-state index in [-0.39, 0.29) is 23.6 Å². The third kappa shape index (κ3) is 4.26. The summed E-state index contributed by atoms with van der Waals surface area (Å²) < 4.78 is 65.1. The molecule has 2 aliphatic rings. The molecular formula is C20H25F2N3O4S. The van der Waals surface area contributed by atoms with Crippen LogP contribution in [0.1, 0.15) is 44.3 Å². The van der Waals surface area contributed by atoms with E-state index in [9.17, 15) is 17.2 Å². The Bertz CT molecular complexity index is 1000. The second-order valence-corrected chi connectivity index (χ2v) is 9.97. The van der Waals surface area contributed by atoms with E-state index >= 15 is 0 Å². The second-order valence-electron chi connectivity index (χ2n) is 8.03. The van der Waals surface area contributed by atoms with Gasteiger partial charge in [-0.3, -0.25) is 0 Å². The van der Waals surface area contributed by atoms with Crippen LogP contribution >= 0.6 is 0 Å². The Morgan fingerprint density at radius 1 is 1.23 bits per heavy atom.